The SMILES string of the molecule is Cc1ccc(S(=O)(=O)N2CCN(Cc3cn4cc(C)ccc4n3)CC2)cc1. The molecule has 0 bridgehead atoms. The van der Waals surface area contributed by atoms with Crippen LogP contribution in [0, 0.1) is 13.8 Å². The molecular weight excluding hydrogens is 360 g/mol. The third kappa shape index (κ3) is 3.76. The smallest absolute Gasteiger partial charge is 0.243 e. The van der Waals surface area contributed by atoms with Crippen LogP contribution in [0.2, 0.25) is 0 Å². The number of nitrogens with zero attached hydrogens (tertiary/aromatic N) is 4. The predicted octanol–water partition coefficient (Wildman–Crippen LogP) is 2.46. The van der Waals surface area contributed by atoms with Crippen molar-refractivity contribution in [3.8, 4) is 0 Å². The first-order valence-electron chi connectivity index (χ1n) is 9.15. The van der Waals surface area contributed by atoms with E-state index in [0.29, 0.717) is 31.1 Å². The van der Waals surface area contributed by atoms with Crippen LogP contribution in [0.3, 0.4) is 0 Å². The highest BCUT2D eigenvalue weighted by Crippen LogP contribution is 2.19. The van der Waals surface area contributed by atoms with E-state index in [1.54, 1.807) is 16.4 Å². The number of aryl methyl sites for hydroxylation is 2. The number of aromatic nitrogens is 2. The molecule has 7 heteroatoms. The molecule has 0 unspecified atom stereocenters. The van der Waals surface area contributed by atoms with Gasteiger partial charge in [-0.3, -0.25) is 4.90 Å². The number of fused-ring (bicyclic) bond motifs is 1. The lowest BCUT2D eigenvalue weighted by molar-refractivity contribution is 0.180. The van der Waals surface area contributed by atoms with Gasteiger partial charge in [0.1, 0.15) is 5.65 Å². The van der Waals surface area contributed by atoms with Crippen LogP contribution in [0.5, 0.6) is 0 Å². The van der Waals surface area contributed by atoms with Gasteiger partial charge in [0.2, 0.25) is 10.0 Å². The molecule has 0 radical (unpaired) electrons. The van der Waals surface area contributed by atoms with Crippen LogP contribution in [0.1, 0.15) is 16.8 Å². The van der Waals surface area contributed by atoms with E-state index < -0.39 is 10.0 Å². The molecule has 6 nitrogen and oxygen atoms in total. The highest BCUT2D eigenvalue weighted by Gasteiger charge is 2.28. The number of hydrogen-bond donors (Lipinski definition) is 0. The molecule has 1 saturated heterocycles. The van der Waals surface area contributed by atoms with Crippen molar-refractivity contribution in [3.63, 3.8) is 0 Å². The number of piperazine rings is 1. The molecule has 4 rings (SSSR count). The summed E-state index contributed by atoms with van der Waals surface area (Å²) in [5.74, 6) is 0. The molecule has 0 spiro atoms. The average Bonchev–Trinajstić information content (AvgIpc) is 3.04. The molecule has 0 saturated carbocycles. The van der Waals surface area contributed by atoms with Gasteiger partial charge in [0.25, 0.3) is 0 Å². The first kappa shape index (κ1) is 18.2. The topological polar surface area (TPSA) is 57.9 Å². The van der Waals surface area contributed by atoms with Crippen molar-refractivity contribution in [1.82, 2.24) is 18.6 Å². The molecule has 2 aromatic heterocycles. The Labute approximate surface area is 160 Å². The summed E-state index contributed by atoms with van der Waals surface area (Å²) < 4.78 is 29.2. The molecule has 1 aliphatic rings. The zero-order valence-corrected chi connectivity index (χ0v) is 16.5. The van der Waals surface area contributed by atoms with Crippen molar-refractivity contribution in [3.05, 3.63) is 65.6 Å². The second kappa shape index (κ2) is 7.07. The van der Waals surface area contributed by atoms with E-state index in [1.165, 1.54) is 5.56 Å². The van der Waals surface area contributed by atoms with Crippen molar-refractivity contribution in [2.45, 2.75) is 25.3 Å². The zero-order chi connectivity index (χ0) is 19.0. The lowest BCUT2D eigenvalue weighted by Gasteiger charge is -2.33. The molecule has 142 valence electrons. The van der Waals surface area contributed by atoms with E-state index in [4.69, 9.17) is 0 Å². The minimum absolute atomic E-state index is 0.372. The molecule has 0 amide bonds. The maximum atomic E-state index is 12.8. The summed E-state index contributed by atoms with van der Waals surface area (Å²) in [7, 11) is -3.41. The van der Waals surface area contributed by atoms with Gasteiger partial charge in [0, 0.05) is 45.1 Å². The zero-order valence-electron chi connectivity index (χ0n) is 15.7. The maximum absolute atomic E-state index is 12.8. The Bertz CT molecular complexity index is 1050. The van der Waals surface area contributed by atoms with Gasteiger partial charge < -0.3 is 4.40 Å². The molecular formula is C20H24N4O2S. The fraction of sp³-hybridized carbons (Fsp3) is 0.350. The maximum Gasteiger partial charge on any atom is 0.243 e. The Kier molecular flexibility index (Phi) is 4.75. The standard InChI is InChI=1S/C20H24N4O2S/c1-16-3-6-19(7-4-16)27(25,26)24-11-9-22(10-12-24)14-18-15-23-13-17(2)5-8-20(23)21-18/h3-8,13,15H,9-12,14H2,1-2H3. The van der Waals surface area contributed by atoms with Crippen molar-refractivity contribution >= 4 is 15.7 Å². The van der Waals surface area contributed by atoms with E-state index in [0.717, 1.165) is 23.4 Å². The van der Waals surface area contributed by atoms with Crippen molar-refractivity contribution in [1.29, 1.82) is 0 Å². The highest BCUT2D eigenvalue weighted by molar-refractivity contribution is 7.89. The third-order valence-electron chi connectivity index (χ3n) is 5.02. The van der Waals surface area contributed by atoms with E-state index in [2.05, 4.69) is 35.3 Å². The summed E-state index contributed by atoms with van der Waals surface area (Å²) in [6.45, 7) is 7.17. The van der Waals surface area contributed by atoms with Gasteiger partial charge >= 0.3 is 0 Å². The van der Waals surface area contributed by atoms with Gasteiger partial charge in [-0.15, -0.1) is 0 Å². The normalized spacial score (nSPS) is 16.8. The van der Waals surface area contributed by atoms with Crippen molar-refractivity contribution in [2.24, 2.45) is 0 Å². The van der Waals surface area contributed by atoms with Gasteiger partial charge in [-0.25, -0.2) is 13.4 Å². The lowest BCUT2D eigenvalue weighted by atomic mass is 10.2. The van der Waals surface area contributed by atoms with Crippen LogP contribution in [0.25, 0.3) is 5.65 Å². The van der Waals surface area contributed by atoms with Crippen LogP contribution in [0.4, 0.5) is 0 Å². The van der Waals surface area contributed by atoms with Crippen LogP contribution in [-0.4, -0.2) is 53.2 Å². The molecule has 0 aliphatic carbocycles. The Hall–Kier alpha value is -2.22. The Morgan fingerprint density at radius 1 is 0.889 bits per heavy atom. The molecule has 1 aromatic carbocycles. The van der Waals surface area contributed by atoms with Crippen molar-refractivity contribution in [2.75, 3.05) is 26.2 Å². The summed E-state index contributed by atoms with van der Waals surface area (Å²) >= 11 is 0. The largest absolute Gasteiger partial charge is 0.307 e. The molecule has 3 heterocycles. The Balaban J connectivity index is 1.41. The summed E-state index contributed by atoms with van der Waals surface area (Å²) in [6, 6.07) is 11.1. The number of imidazole rings is 1. The number of sulfonamides is 1. The number of rotatable bonds is 4. The third-order valence-corrected chi connectivity index (χ3v) is 6.94. The molecule has 1 fully saturated rings. The summed E-state index contributed by atoms with van der Waals surface area (Å²) in [5.41, 5.74) is 4.20. The Morgan fingerprint density at radius 3 is 2.26 bits per heavy atom. The summed E-state index contributed by atoms with van der Waals surface area (Å²) in [4.78, 5) is 7.29. The quantitative estimate of drug-likeness (QED) is 0.693. The van der Waals surface area contributed by atoms with Crippen LogP contribution in [0.15, 0.2) is 53.7 Å². The molecule has 1 aliphatic heterocycles. The molecule has 0 atom stereocenters. The second-order valence-corrected chi connectivity index (χ2v) is 9.14. The summed E-state index contributed by atoms with van der Waals surface area (Å²) in [5, 5.41) is 0. The average molecular weight is 385 g/mol. The van der Waals surface area contributed by atoms with Gasteiger partial charge in [-0.1, -0.05) is 23.8 Å². The number of pyridine rings is 1. The Morgan fingerprint density at radius 2 is 1.56 bits per heavy atom. The summed E-state index contributed by atoms with van der Waals surface area (Å²) in [6.07, 6.45) is 4.12. The van der Waals surface area contributed by atoms with E-state index >= 15 is 0 Å². The van der Waals surface area contributed by atoms with Gasteiger partial charge in [0.05, 0.1) is 10.6 Å². The fourth-order valence-electron chi connectivity index (χ4n) is 3.45. The van der Waals surface area contributed by atoms with Gasteiger partial charge in [-0.05, 0) is 37.6 Å². The van der Waals surface area contributed by atoms with Crippen LogP contribution in [-0.2, 0) is 16.6 Å². The van der Waals surface area contributed by atoms with Crippen LogP contribution >= 0.6 is 0 Å². The first-order chi connectivity index (χ1) is 12.9. The van der Waals surface area contributed by atoms with Gasteiger partial charge in [0.15, 0.2) is 0 Å². The number of benzene rings is 1. The van der Waals surface area contributed by atoms with Crippen LogP contribution < -0.4 is 0 Å². The number of hydrogen-bond acceptors (Lipinski definition) is 4. The molecule has 3 aromatic rings. The highest BCUT2D eigenvalue weighted by atomic mass is 32.2. The minimum Gasteiger partial charge on any atom is -0.307 e. The fourth-order valence-corrected chi connectivity index (χ4v) is 4.87. The molecule has 0 N–H and O–H groups in total. The van der Waals surface area contributed by atoms with E-state index in [-0.39, 0.29) is 0 Å². The monoisotopic (exact) mass is 384 g/mol. The molecule has 27 heavy (non-hydrogen) atoms. The van der Waals surface area contributed by atoms with E-state index in [9.17, 15) is 8.42 Å². The minimum atomic E-state index is -3.41. The lowest BCUT2D eigenvalue weighted by Crippen LogP contribution is -2.48. The van der Waals surface area contributed by atoms with E-state index in [1.807, 2.05) is 29.5 Å². The van der Waals surface area contributed by atoms with Crippen molar-refractivity contribution < 1.29 is 8.42 Å². The predicted molar refractivity (Wildman–Crippen MR) is 105 cm³/mol. The first-order valence-corrected chi connectivity index (χ1v) is 10.6. The second-order valence-electron chi connectivity index (χ2n) is 7.20. The van der Waals surface area contributed by atoms with Gasteiger partial charge in [-0.2, -0.15) is 4.31 Å².